The number of benzene rings is 2. The quantitative estimate of drug-likeness (QED) is 0.667. The van der Waals surface area contributed by atoms with Crippen LogP contribution in [0.5, 0.6) is 5.75 Å². The van der Waals surface area contributed by atoms with Gasteiger partial charge in [-0.2, -0.15) is 4.31 Å². The zero-order chi connectivity index (χ0) is 22.7. The number of amides is 1. The molecule has 0 N–H and O–H groups in total. The predicted octanol–water partition coefficient (Wildman–Crippen LogP) is 2.50. The third-order valence-corrected chi connectivity index (χ3v) is 8.45. The first-order chi connectivity index (χ1) is 15.4. The predicted molar refractivity (Wildman–Crippen MR) is 123 cm³/mol. The lowest BCUT2D eigenvalue weighted by atomic mass is 10.1. The summed E-state index contributed by atoms with van der Waals surface area (Å²) in [5, 5.41) is 0. The van der Waals surface area contributed by atoms with Gasteiger partial charge in [-0.05, 0) is 37.0 Å². The number of hydrogen-bond donors (Lipinski definition) is 0. The van der Waals surface area contributed by atoms with Gasteiger partial charge in [0.25, 0.3) is 0 Å². The number of methoxy groups -OCH3 is 1. The molecule has 2 aromatic carbocycles. The minimum Gasteiger partial charge on any atom is -0.497 e. The molecule has 0 bridgehead atoms. The van der Waals surface area contributed by atoms with Crippen LogP contribution < -0.4 is 4.74 Å². The van der Waals surface area contributed by atoms with E-state index in [1.165, 1.54) is 17.0 Å². The molecule has 1 atom stereocenters. The molecule has 32 heavy (non-hydrogen) atoms. The molecule has 2 aromatic rings. The van der Waals surface area contributed by atoms with Crippen LogP contribution in [0.2, 0.25) is 0 Å². The summed E-state index contributed by atoms with van der Waals surface area (Å²) in [7, 11) is -2.28. The molecule has 0 spiro atoms. The van der Waals surface area contributed by atoms with E-state index < -0.39 is 16.1 Å². The van der Waals surface area contributed by atoms with Gasteiger partial charge in [0.1, 0.15) is 11.8 Å². The van der Waals surface area contributed by atoms with Gasteiger partial charge in [0.15, 0.2) is 0 Å². The van der Waals surface area contributed by atoms with E-state index in [1.807, 2.05) is 23.1 Å². The van der Waals surface area contributed by atoms with Gasteiger partial charge < -0.3 is 9.64 Å². The molecule has 1 amide bonds. The van der Waals surface area contributed by atoms with Crippen LogP contribution in [0, 0.1) is 6.92 Å². The normalized spacial score (nSPS) is 20.4. The standard InChI is InChI=1S/C24H31N3O4S/c1-19-10-11-21(31-2)17-23(19)32(29,30)27-12-6-9-22(27)24(28)26-15-13-25(14-16-26)18-20-7-4-3-5-8-20/h3-5,7-8,10-11,17,22H,6,9,12-16,18H2,1-2H3/t22-/m0/s1. The molecule has 7 nitrogen and oxygen atoms in total. The summed E-state index contributed by atoms with van der Waals surface area (Å²) in [6.07, 6.45) is 1.25. The summed E-state index contributed by atoms with van der Waals surface area (Å²) in [6.45, 7) is 5.81. The van der Waals surface area contributed by atoms with Crippen LogP contribution in [-0.4, -0.2) is 74.3 Å². The first-order valence-corrected chi connectivity index (χ1v) is 12.6. The van der Waals surface area contributed by atoms with Gasteiger partial charge in [-0.25, -0.2) is 8.42 Å². The summed E-state index contributed by atoms with van der Waals surface area (Å²) in [5.41, 5.74) is 1.91. The third-order valence-electron chi connectivity index (χ3n) is 6.40. The molecule has 0 radical (unpaired) electrons. The van der Waals surface area contributed by atoms with Crippen molar-refractivity contribution in [2.75, 3.05) is 39.8 Å². The lowest BCUT2D eigenvalue weighted by Gasteiger charge is -2.37. The molecular weight excluding hydrogens is 426 g/mol. The van der Waals surface area contributed by atoms with Crippen molar-refractivity contribution < 1.29 is 17.9 Å². The molecule has 172 valence electrons. The Balaban J connectivity index is 1.44. The molecule has 0 saturated carbocycles. The van der Waals surface area contributed by atoms with Crippen molar-refractivity contribution in [2.45, 2.75) is 37.2 Å². The highest BCUT2D eigenvalue weighted by molar-refractivity contribution is 7.89. The van der Waals surface area contributed by atoms with Gasteiger partial charge in [-0.15, -0.1) is 0 Å². The number of carbonyl (C=O) groups excluding carboxylic acids is 1. The zero-order valence-corrected chi connectivity index (χ0v) is 19.6. The van der Waals surface area contributed by atoms with Crippen molar-refractivity contribution in [1.82, 2.24) is 14.1 Å². The van der Waals surface area contributed by atoms with Gasteiger partial charge in [0.2, 0.25) is 15.9 Å². The van der Waals surface area contributed by atoms with Crippen LogP contribution in [0.3, 0.4) is 0 Å². The fourth-order valence-electron chi connectivity index (χ4n) is 4.57. The summed E-state index contributed by atoms with van der Waals surface area (Å²) in [6, 6.07) is 14.7. The SMILES string of the molecule is COc1ccc(C)c(S(=O)(=O)N2CCC[C@H]2C(=O)N2CCN(Cc3ccccc3)CC2)c1. The molecule has 0 aromatic heterocycles. The van der Waals surface area contributed by atoms with Crippen LogP contribution in [0.1, 0.15) is 24.0 Å². The highest BCUT2D eigenvalue weighted by Crippen LogP contribution is 2.31. The van der Waals surface area contributed by atoms with E-state index in [2.05, 4.69) is 17.0 Å². The molecule has 2 saturated heterocycles. The van der Waals surface area contributed by atoms with Gasteiger partial charge in [0, 0.05) is 45.3 Å². The van der Waals surface area contributed by atoms with Gasteiger partial charge in [0.05, 0.1) is 12.0 Å². The van der Waals surface area contributed by atoms with E-state index >= 15 is 0 Å². The third kappa shape index (κ3) is 4.67. The van der Waals surface area contributed by atoms with Crippen molar-refractivity contribution in [2.24, 2.45) is 0 Å². The number of rotatable bonds is 6. The average Bonchev–Trinajstić information content (AvgIpc) is 3.31. The highest BCUT2D eigenvalue weighted by atomic mass is 32.2. The maximum Gasteiger partial charge on any atom is 0.244 e. The minimum atomic E-state index is -3.79. The topological polar surface area (TPSA) is 70.2 Å². The van der Waals surface area contributed by atoms with Crippen LogP contribution in [0.4, 0.5) is 0 Å². The molecule has 2 fully saturated rings. The maximum atomic E-state index is 13.5. The smallest absolute Gasteiger partial charge is 0.244 e. The Morgan fingerprint density at radius 1 is 1.03 bits per heavy atom. The second kappa shape index (κ2) is 9.60. The van der Waals surface area contributed by atoms with Crippen LogP contribution in [-0.2, 0) is 21.4 Å². The fraction of sp³-hybridized carbons (Fsp3) is 0.458. The molecule has 0 aliphatic carbocycles. The lowest BCUT2D eigenvalue weighted by Crippen LogP contribution is -2.54. The van der Waals surface area contributed by atoms with Crippen molar-refractivity contribution in [3.05, 3.63) is 59.7 Å². The Morgan fingerprint density at radius 3 is 2.44 bits per heavy atom. The van der Waals surface area contributed by atoms with Crippen molar-refractivity contribution in [1.29, 1.82) is 0 Å². The van der Waals surface area contributed by atoms with Crippen LogP contribution in [0.25, 0.3) is 0 Å². The molecule has 8 heteroatoms. The number of piperazine rings is 1. The van der Waals surface area contributed by atoms with Crippen LogP contribution >= 0.6 is 0 Å². The number of ether oxygens (including phenoxy) is 1. The monoisotopic (exact) mass is 457 g/mol. The molecule has 2 heterocycles. The second-order valence-electron chi connectivity index (χ2n) is 8.49. The highest BCUT2D eigenvalue weighted by Gasteiger charge is 2.42. The molecule has 4 rings (SSSR count). The Kier molecular flexibility index (Phi) is 6.83. The van der Waals surface area contributed by atoms with E-state index in [0.717, 1.165) is 19.6 Å². The number of carbonyl (C=O) groups is 1. The number of aryl methyl sites for hydroxylation is 1. The molecule has 0 unspecified atom stereocenters. The Bertz CT molecular complexity index is 1050. The summed E-state index contributed by atoms with van der Waals surface area (Å²) < 4.78 is 33.6. The van der Waals surface area contributed by atoms with Gasteiger partial charge in [-0.1, -0.05) is 36.4 Å². The first-order valence-electron chi connectivity index (χ1n) is 11.1. The van der Waals surface area contributed by atoms with Gasteiger partial charge >= 0.3 is 0 Å². The average molecular weight is 458 g/mol. The maximum absolute atomic E-state index is 13.5. The molecular formula is C24H31N3O4S. The van der Waals surface area contributed by atoms with Crippen LogP contribution in [0.15, 0.2) is 53.4 Å². The Labute approximate surface area is 190 Å². The number of hydrogen-bond acceptors (Lipinski definition) is 5. The molecule has 2 aliphatic rings. The number of nitrogens with zero attached hydrogens (tertiary/aromatic N) is 3. The van der Waals surface area contributed by atoms with E-state index in [-0.39, 0.29) is 10.8 Å². The van der Waals surface area contributed by atoms with E-state index in [1.54, 1.807) is 25.1 Å². The Hall–Kier alpha value is -2.42. The molecule has 2 aliphatic heterocycles. The van der Waals surface area contributed by atoms with E-state index in [4.69, 9.17) is 4.74 Å². The largest absolute Gasteiger partial charge is 0.497 e. The minimum absolute atomic E-state index is 0.0778. The number of sulfonamides is 1. The van der Waals surface area contributed by atoms with Crippen molar-refractivity contribution >= 4 is 15.9 Å². The summed E-state index contributed by atoms with van der Waals surface area (Å²) >= 11 is 0. The van der Waals surface area contributed by atoms with E-state index in [9.17, 15) is 13.2 Å². The fourth-order valence-corrected chi connectivity index (χ4v) is 6.46. The van der Waals surface area contributed by atoms with Crippen molar-refractivity contribution in [3.8, 4) is 5.75 Å². The summed E-state index contributed by atoms with van der Waals surface area (Å²) in [4.78, 5) is 17.7. The van der Waals surface area contributed by atoms with Crippen molar-refractivity contribution in [3.63, 3.8) is 0 Å². The first kappa shape index (κ1) is 22.8. The summed E-state index contributed by atoms with van der Waals surface area (Å²) in [5.74, 6) is 0.414. The van der Waals surface area contributed by atoms with Gasteiger partial charge in [-0.3, -0.25) is 9.69 Å². The Morgan fingerprint density at radius 2 is 1.75 bits per heavy atom. The second-order valence-corrected chi connectivity index (χ2v) is 10.4. The zero-order valence-electron chi connectivity index (χ0n) is 18.7. The lowest BCUT2D eigenvalue weighted by molar-refractivity contribution is -0.136. The van der Waals surface area contributed by atoms with E-state index in [0.29, 0.717) is 43.8 Å².